The molecule has 30 heavy (non-hydrogen) atoms. The number of hydrazine groups is 1. The average molecular weight is 493 g/mol. The summed E-state index contributed by atoms with van der Waals surface area (Å²) >= 11 is 8.38. The van der Waals surface area contributed by atoms with Gasteiger partial charge in [-0.2, -0.15) is 0 Å². The molecule has 3 amide bonds. The van der Waals surface area contributed by atoms with Crippen LogP contribution in [-0.4, -0.2) is 29.4 Å². The monoisotopic (exact) mass is 492 g/mol. The van der Waals surface area contributed by atoms with Gasteiger partial charge < -0.3 is 10.1 Å². The predicted molar refractivity (Wildman–Crippen MR) is 121 cm³/mol. The first-order valence-corrected chi connectivity index (χ1v) is 10.3. The number of halogens is 1. The van der Waals surface area contributed by atoms with Gasteiger partial charge in [-0.25, -0.2) is 0 Å². The van der Waals surface area contributed by atoms with Crippen molar-refractivity contribution in [1.82, 2.24) is 16.2 Å². The first kappa shape index (κ1) is 23.3. The van der Waals surface area contributed by atoms with Gasteiger partial charge in [-0.3, -0.25) is 30.6 Å². The molecule has 0 radical (unpaired) electrons. The Labute approximate surface area is 187 Å². The summed E-state index contributed by atoms with van der Waals surface area (Å²) in [5.74, 6) is -0.645. The Kier molecular flexibility index (Phi) is 8.75. The number of benzene rings is 2. The summed E-state index contributed by atoms with van der Waals surface area (Å²) in [6.07, 6.45) is 0.362. The molecule has 0 aliphatic heterocycles. The van der Waals surface area contributed by atoms with Gasteiger partial charge in [0.1, 0.15) is 5.75 Å². The van der Waals surface area contributed by atoms with E-state index in [1.807, 2.05) is 6.92 Å². The van der Waals surface area contributed by atoms with Gasteiger partial charge in [0.25, 0.3) is 11.8 Å². The van der Waals surface area contributed by atoms with Gasteiger partial charge >= 0.3 is 0 Å². The lowest BCUT2D eigenvalue weighted by molar-refractivity contribution is -0.115. The third-order valence-electron chi connectivity index (χ3n) is 3.75. The first-order chi connectivity index (χ1) is 14.3. The molecule has 0 aliphatic carbocycles. The van der Waals surface area contributed by atoms with Gasteiger partial charge in [0.05, 0.1) is 12.2 Å². The van der Waals surface area contributed by atoms with Crippen LogP contribution in [0.25, 0.3) is 0 Å². The van der Waals surface area contributed by atoms with Crippen molar-refractivity contribution in [2.45, 2.75) is 20.3 Å². The standard InChI is InChI=1S/C20H21BrN4O4S/c1-3-17(26)22-14-8-5-12(6-9-14)18(27)24-25-20(30)23-19(28)15-11-13(21)7-10-16(15)29-4-2/h5-11H,3-4H2,1-2H3,(H,22,26)(H,24,27)(H2,23,25,28,30). The minimum Gasteiger partial charge on any atom is -0.493 e. The lowest BCUT2D eigenvalue weighted by atomic mass is 10.2. The second-order valence-corrected chi connectivity index (χ2v) is 7.24. The van der Waals surface area contributed by atoms with Crippen LogP contribution in [0.15, 0.2) is 46.9 Å². The summed E-state index contributed by atoms with van der Waals surface area (Å²) in [7, 11) is 0. The third kappa shape index (κ3) is 6.82. The summed E-state index contributed by atoms with van der Waals surface area (Å²) < 4.78 is 6.16. The first-order valence-electron chi connectivity index (χ1n) is 9.08. The van der Waals surface area contributed by atoms with Gasteiger partial charge in [0.2, 0.25) is 5.91 Å². The van der Waals surface area contributed by atoms with Crippen molar-refractivity contribution in [1.29, 1.82) is 0 Å². The third-order valence-corrected chi connectivity index (χ3v) is 4.45. The Morgan fingerprint density at radius 3 is 2.33 bits per heavy atom. The summed E-state index contributed by atoms with van der Waals surface area (Å²) in [6.45, 7) is 3.97. The van der Waals surface area contributed by atoms with Crippen molar-refractivity contribution in [3.05, 3.63) is 58.1 Å². The Morgan fingerprint density at radius 1 is 1.00 bits per heavy atom. The predicted octanol–water partition coefficient (Wildman–Crippen LogP) is 3.15. The van der Waals surface area contributed by atoms with Gasteiger partial charge in [-0.1, -0.05) is 22.9 Å². The van der Waals surface area contributed by atoms with Crippen LogP contribution in [0, 0.1) is 0 Å². The highest BCUT2D eigenvalue weighted by Gasteiger charge is 2.15. The zero-order chi connectivity index (χ0) is 22.1. The van der Waals surface area contributed by atoms with Crippen molar-refractivity contribution >= 4 is 56.7 Å². The molecule has 2 rings (SSSR count). The number of amides is 3. The topological polar surface area (TPSA) is 109 Å². The zero-order valence-corrected chi connectivity index (χ0v) is 18.8. The van der Waals surface area contributed by atoms with Crippen LogP contribution in [0.2, 0.25) is 0 Å². The minimum atomic E-state index is -0.484. The van der Waals surface area contributed by atoms with Crippen molar-refractivity contribution in [2.75, 3.05) is 11.9 Å². The number of carbonyl (C=O) groups is 3. The van der Waals surface area contributed by atoms with Crippen LogP contribution in [0.4, 0.5) is 5.69 Å². The zero-order valence-electron chi connectivity index (χ0n) is 16.4. The molecule has 4 N–H and O–H groups in total. The van der Waals surface area contributed by atoms with Crippen molar-refractivity contribution < 1.29 is 19.1 Å². The molecular weight excluding hydrogens is 472 g/mol. The highest BCUT2D eigenvalue weighted by Crippen LogP contribution is 2.23. The number of hydrogen-bond acceptors (Lipinski definition) is 5. The summed E-state index contributed by atoms with van der Waals surface area (Å²) in [5.41, 5.74) is 6.12. The van der Waals surface area contributed by atoms with Gasteiger partial charge in [-0.15, -0.1) is 0 Å². The van der Waals surface area contributed by atoms with Crippen LogP contribution in [0.3, 0.4) is 0 Å². The Balaban J connectivity index is 1.91. The fourth-order valence-corrected chi connectivity index (χ4v) is 2.81. The van der Waals surface area contributed by atoms with E-state index in [1.165, 1.54) is 0 Å². The van der Waals surface area contributed by atoms with E-state index in [-0.39, 0.29) is 11.0 Å². The molecule has 0 aromatic heterocycles. The second kappa shape index (κ2) is 11.3. The van der Waals surface area contributed by atoms with E-state index in [9.17, 15) is 14.4 Å². The number of nitrogens with one attached hydrogen (secondary N) is 4. The number of thiocarbonyl (C=S) groups is 1. The molecule has 0 unspecified atom stereocenters. The van der Waals surface area contributed by atoms with Crippen LogP contribution < -0.4 is 26.2 Å². The largest absolute Gasteiger partial charge is 0.493 e. The molecule has 8 nitrogen and oxygen atoms in total. The van der Waals surface area contributed by atoms with Crippen LogP contribution >= 0.6 is 28.1 Å². The lowest BCUT2D eigenvalue weighted by Crippen LogP contribution is -2.48. The van der Waals surface area contributed by atoms with Gasteiger partial charge in [-0.05, 0) is 61.6 Å². The molecule has 0 heterocycles. The van der Waals surface area contributed by atoms with E-state index < -0.39 is 11.8 Å². The molecule has 0 saturated heterocycles. The smallest absolute Gasteiger partial charge is 0.269 e. The molecule has 10 heteroatoms. The minimum absolute atomic E-state index is 0.0809. The van der Waals surface area contributed by atoms with E-state index >= 15 is 0 Å². The molecule has 0 aliphatic rings. The normalized spacial score (nSPS) is 9.97. The molecule has 0 spiro atoms. The molecule has 0 saturated carbocycles. The van der Waals surface area contributed by atoms with Crippen LogP contribution in [-0.2, 0) is 4.79 Å². The van der Waals surface area contributed by atoms with Crippen molar-refractivity contribution in [2.24, 2.45) is 0 Å². The highest BCUT2D eigenvalue weighted by atomic mass is 79.9. The van der Waals surface area contributed by atoms with E-state index in [1.54, 1.807) is 49.4 Å². The summed E-state index contributed by atoms with van der Waals surface area (Å²) in [4.78, 5) is 36.1. The van der Waals surface area contributed by atoms with Crippen molar-refractivity contribution in [3.63, 3.8) is 0 Å². The average Bonchev–Trinajstić information content (AvgIpc) is 2.73. The molecule has 158 valence electrons. The molecule has 0 bridgehead atoms. The lowest BCUT2D eigenvalue weighted by Gasteiger charge is -2.13. The maximum Gasteiger partial charge on any atom is 0.269 e. The number of ether oxygens (including phenoxy) is 1. The Bertz CT molecular complexity index is 950. The van der Waals surface area contributed by atoms with Crippen LogP contribution in [0.1, 0.15) is 41.0 Å². The fourth-order valence-electron chi connectivity index (χ4n) is 2.30. The molecule has 2 aromatic carbocycles. The molecule has 0 atom stereocenters. The van der Waals surface area contributed by atoms with Gasteiger partial charge in [0, 0.05) is 22.1 Å². The Hall–Kier alpha value is -2.98. The maximum atomic E-state index is 12.5. The molecular formula is C20H21BrN4O4S. The van der Waals surface area contributed by atoms with E-state index in [0.29, 0.717) is 40.1 Å². The van der Waals surface area contributed by atoms with E-state index in [4.69, 9.17) is 17.0 Å². The number of rotatable bonds is 6. The Morgan fingerprint density at radius 2 is 1.70 bits per heavy atom. The fraction of sp³-hybridized carbons (Fsp3) is 0.200. The maximum absolute atomic E-state index is 12.5. The highest BCUT2D eigenvalue weighted by molar-refractivity contribution is 9.10. The number of hydrogen-bond donors (Lipinski definition) is 4. The number of carbonyl (C=O) groups excluding carboxylic acids is 3. The van der Waals surface area contributed by atoms with E-state index in [2.05, 4.69) is 37.4 Å². The quantitative estimate of drug-likeness (QED) is 0.364. The van der Waals surface area contributed by atoms with Gasteiger partial charge in [0.15, 0.2) is 5.11 Å². The molecule has 0 fully saturated rings. The van der Waals surface area contributed by atoms with Crippen molar-refractivity contribution in [3.8, 4) is 5.75 Å². The summed E-state index contributed by atoms with van der Waals surface area (Å²) in [5, 5.41) is 5.10. The molecule has 2 aromatic rings. The number of anilines is 1. The van der Waals surface area contributed by atoms with Crippen LogP contribution in [0.5, 0.6) is 5.75 Å². The summed E-state index contributed by atoms with van der Waals surface area (Å²) in [6, 6.07) is 11.4. The SMILES string of the molecule is CCOc1ccc(Br)cc1C(=O)NC(=S)NNC(=O)c1ccc(NC(=O)CC)cc1. The second-order valence-electron chi connectivity index (χ2n) is 5.91. The van der Waals surface area contributed by atoms with E-state index in [0.717, 1.165) is 0 Å².